The number of carbonyl (C=O) groups excluding carboxylic acids is 1. The summed E-state index contributed by atoms with van der Waals surface area (Å²) in [5, 5.41) is 11.6. The van der Waals surface area contributed by atoms with Gasteiger partial charge in [0.25, 0.3) is 0 Å². The molecule has 1 unspecified atom stereocenters. The largest absolute Gasteiger partial charge is 0.469 e. The maximum atomic E-state index is 11.5. The van der Waals surface area contributed by atoms with Crippen LogP contribution in [0.15, 0.2) is 36.4 Å². The highest BCUT2D eigenvalue weighted by Crippen LogP contribution is 2.48. The highest BCUT2D eigenvalue weighted by molar-refractivity contribution is 6.74. The van der Waals surface area contributed by atoms with E-state index >= 15 is 0 Å². The average Bonchev–Trinajstić information content (AvgIpc) is 3.22. The van der Waals surface area contributed by atoms with Crippen LogP contribution in [0.5, 0.6) is 0 Å². The van der Waals surface area contributed by atoms with Gasteiger partial charge in [0.1, 0.15) is 0 Å². The number of unbranched alkanes of at least 4 members (excludes halogenated alkanes) is 3. The fourth-order valence-electron chi connectivity index (χ4n) is 5.69. The molecule has 44 heavy (non-hydrogen) atoms. The smallest absolute Gasteiger partial charge is 0.305 e. The van der Waals surface area contributed by atoms with Crippen molar-refractivity contribution >= 4 is 22.6 Å². The molecule has 1 fully saturated rings. The summed E-state index contributed by atoms with van der Waals surface area (Å²) in [5.74, 6) is 0.0325. The summed E-state index contributed by atoms with van der Waals surface area (Å²) < 4.78 is 18.8. The SMILES string of the molecule is CCCCCC(O[Si](C)(C)C(C)(C)C)c1ccc([C@@H]2[C@@H](CC=CCCCC(=O)OC)[C@@H](O)C[C@H]2O[Si](C)(C)C(C)(C)C)cc1. The summed E-state index contributed by atoms with van der Waals surface area (Å²) in [6, 6.07) is 9.14. The van der Waals surface area contributed by atoms with E-state index in [0.717, 1.165) is 25.7 Å². The second-order valence-electron chi connectivity index (χ2n) is 16.1. The van der Waals surface area contributed by atoms with Gasteiger partial charge in [-0.2, -0.15) is 0 Å². The third kappa shape index (κ3) is 10.9. The molecule has 1 aliphatic rings. The number of hydrogen-bond donors (Lipinski definition) is 1. The third-order valence-corrected chi connectivity index (χ3v) is 19.6. The zero-order valence-corrected chi connectivity index (χ0v) is 32.3. The van der Waals surface area contributed by atoms with Gasteiger partial charge in [0, 0.05) is 12.3 Å². The van der Waals surface area contributed by atoms with Crippen LogP contribution in [-0.2, 0) is 18.4 Å². The van der Waals surface area contributed by atoms with Crippen LogP contribution in [0, 0.1) is 5.92 Å². The predicted octanol–water partition coefficient (Wildman–Crippen LogP) is 10.5. The van der Waals surface area contributed by atoms with Gasteiger partial charge in [-0.05, 0) is 85.4 Å². The molecule has 0 spiro atoms. The molecule has 0 saturated heterocycles. The predicted molar refractivity (Wildman–Crippen MR) is 190 cm³/mol. The molecule has 0 aliphatic heterocycles. The number of hydrogen-bond acceptors (Lipinski definition) is 5. The summed E-state index contributed by atoms with van der Waals surface area (Å²) in [5.41, 5.74) is 2.51. The zero-order chi connectivity index (χ0) is 33.3. The van der Waals surface area contributed by atoms with E-state index in [0.29, 0.717) is 12.8 Å². The maximum absolute atomic E-state index is 11.5. The fourth-order valence-corrected chi connectivity index (χ4v) is 8.36. The fraction of sp³-hybridized carbons (Fsp3) is 0.757. The topological polar surface area (TPSA) is 65.0 Å². The lowest BCUT2D eigenvalue weighted by atomic mass is 9.84. The number of aliphatic hydroxyl groups excluding tert-OH is 1. The van der Waals surface area contributed by atoms with E-state index in [1.807, 2.05) is 0 Å². The van der Waals surface area contributed by atoms with Crippen molar-refractivity contribution in [3.63, 3.8) is 0 Å². The maximum Gasteiger partial charge on any atom is 0.305 e. The molecule has 7 heteroatoms. The van der Waals surface area contributed by atoms with Gasteiger partial charge in [0.05, 0.1) is 25.4 Å². The summed E-state index contributed by atoms with van der Waals surface area (Å²) >= 11 is 0. The lowest BCUT2D eigenvalue weighted by Gasteiger charge is -2.40. The molecule has 1 N–H and O–H groups in total. The zero-order valence-electron chi connectivity index (χ0n) is 30.3. The van der Waals surface area contributed by atoms with Crippen LogP contribution in [0.2, 0.25) is 36.3 Å². The highest BCUT2D eigenvalue weighted by Gasteiger charge is 2.48. The van der Waals surface area contributed by atoms with Crippen LogP contribution in [-0.4, -0.2) is 47.0 Å². The van der Waals surface area contributed by atoms with Gasteiger partial charge >= 0.3 is 5.97 Å². The van der Waals surface area contributed by atoms with Gasteiger partial charge in [-0.25, -0.2) is 0 Å². The Morgan fingerprint density at radius 3 is 2.11 bits per heavy atom. The van der Waals surface area contributed by atoms with Crippen molar-refractivity contribution in [2.45, 2.75) is 167 Å². The number of aliphatic hydroxyl groups is 1. The Balaban J connectivity index is 2.37. The lowest BCUT2D eigenvalue weighted by Crippen LogP contribution is -2.44. The third-order valence-electron chi connectivity index (χ3n) is 10.6. The van der Waals surface area contributed by atoms with Crippen LogP contribution in [0.4, 0.5) is 0 Å². The first-order valence-electron chi connectivity index (χ1n) is 17.2. The van der Waals surface area contributed by atoms with Crippen LogP contribution in [0.25, 0.3) is 0 Å². The first-order valence-corrected chi connectivity index (χ1v) is 23.0. The number of esters is 1. The van der Waals surface area contributed by atoms with Crippen molar-refractivity contribution in [3.05, 3.63) is 47.5 Å². The normalized spacial score (nSPS) is 22.5. The Morgan fingerprint density at radius 1 is 0.955 bits per heavy atom. The van der Waals surface area contributed by atoms with E-state index in [1.54, 1.807) is 0 Å². The number of rotatable bonds is 16. The minimum atomic E-state index is -2.05. The van der Waals surface area contributed by atoms with Gasteiger partial charge in [0.2, 0.25) is 0 Å². The van der Waals surface area contributed by atoms with Crippen molar-refractivity contribution in [3.8, 4) is 0 Å². The Bertz CT molecular complexity index is 1040. The monoisotopic (exact) mass is 646 g/mol. The number of methoxy groups -OCH3 is 1. The van der Waals surface area contributed by atoms with E-state index in [2.05, 4.69) is 111 Å². The number of allylic oxidation sites excluding steroid dienone is 2. The van der Waals surface area contributed by atoms with E-state index in [1.165, 1.54) is 37.5 Å². The molecule has 1 aromatic rings. The van der Waals surface area contributed by atoms with Gasteiger partial charge < -0.3 is 18.7 Å². The number of benzene rings is 1. The van der Waals surface area contributed by atoms with Crippen LogP contribution in [0.3, 0.4) is 0 Å². The van der Waals surface area contributed by atoms with Gasteiger partial charge in [-0.1, -0.05) is 104 Å². The quantitative estimate of drug-likeness (QED) is 0.0838. The first kappa shape index (κ1) is 38.9. The van der Waals surface area contributed by atoms with Crippen LogP contribution in [0.1, 0.15) is 129 Å². The Morgan fingerprint density at radius 2 is 1.57 bits per heavy atom. The second kappa shape index (κ2) is 16.5. The van der Waals surface area contributed by atoms with Gasteiger partial charge in [0.15, 0.2) is 16.6 Å². The summed E-state index contributed by atoms with van der Waals surface area (Å²) in [6.45, 7) is 25.4. The Hall–Kier alpha value is -1.26. The summed E-state index contributed by atoms with van der Waals surface area (Å²) in [4.78, 5) is 11.5. The minimum absolute atomic E-state index is 0.0155. The molecule has 0 heterocycles. The summed E-state index contributed by atoms with van der Waals surface area (Å²) in [7, 11) is -2.56. The van der Waals surface area contributed by atoms with Gasteiger partial charge in [-0.3, -0.25) is 4.79 Å². The van der Waals surface area contributed by atoms with E-state index in [9.17, 15) is 9.90 Å². The molecule has 1 aliphatic carbocycles. The molecule has 1 aromatic carbocycles. The molecule has 1 saturated carbocycles. The number of ether oxygens (including phenoxy) is 1. The molecule has 252 valence electrons. The Labute approximate surface area is 272 Å². The van der Waals surface area contributed by atoms with Gasteiger partial charge in [-0.15, -0.1) is 0 Å². The lowest BCUT2D eigenvalue weighted by molar-refractivity contribution is -0.140. The minimum Gasteiger partial charge on any atom is -0.469 e. The van der Waals surface area contributed by atoms with Crippen molar-refractivity contribution in [2.75, 3.05) is 7.11 Å². The molecule has 5 atom stereocenters. The van der Waals surface area contributed by atoms with Crippen molar-refractivity contribution in [1.29, 1.82) is 0 Å². The standard InChI is InChI=1S/C37H66O5Si2/c1-13-14-17-21-32(41-43(9,10)36(2,3)4)28-23-25-29(26-24-28)35-30(20-18-15-16-19-22-34(39)40-8)31(38)27-33(35)42-44(11,12)37(5,6)7/h15,18,23-26,30-33,35,38H,13-14,16-17,19-22,27H2,1-12H3/t30-,31-,32?,33+,35+/m0/s1. The molecule has 2 rings (SSSR count). The molecule has 0 aromatic heterocycles. The molecule has 0 radical (unpaired) electrons. The van der Waals surface area contributed by atoms with Crippen LogP contribution >= 0.6 is 0 Å². The second-order valence-corrected chi connectivity index (χ2v) is 25.6. The average molecular weight is 647 g/mol. The van der Waals surface area contributed by atoms with Crippen molar-refractivity contribution < 1.29 is 23.5 Å². The highest BCUT2D eigenvalue weighted by atomic mass is 28.4. The van der Waals surface area contributed by atoms with E-state index in [-0.39, 0.29) is 40.1 Å². The molecular formula is C37H66O5Si2. The van der Waals surface area contributed by atoms with Crippen molar-refractivity contribution in [1.82, 2.24) is 0 Å². The molecule has 5 nitrogen and oxygen atoms in total. The molecule has 0 amide bonds. The summed E-state index contributed by atoms with van der Waals surface area (Å²) in [6.07, 6.45) is 12.1. The first-order chi connectivity index (χ1) is 20.3. The molecule has 0 bridgehead atoms. The van der Waals surface area contributed by atoms with E-state index < -0.39 is 22.7 Å². The van der Waals surface area contributed by atoms with Crippen molar-refractivity contribution in [2.24, 2.45) is 5.92 Å². The van der Waals surface area contributed by atoms with E-state index in [4.69, 9.17) is 13.6 Å². The Kier molecular flexibility index (Phi) is 14.6. The number of carbonyl (C=O) groups is 1. The van der Waals surface area contributed by atoms with Crippen LogP contribution < -0.4 is 0 Å². The molecular weight excluding hydrogens is 581 g/mol.